The highest BCUT2D eigenvalue weighted by atomic mass is 19.3. The number of carbonyl (C=O) groups is 2. The van der Waals surface area contributed by atoms with Gasteiger partial charge in [0.25, 0.3) is 5.92 Å². The van der Waals surface area contributed by atoms with Gasteiger partial charge in [-0.3, -0.25) is 10.1 Å². The second-order valence-corrected chi connectivity index (χ2v) is 4.55. The highest BCUT2D eigenvalue weighted by Crippen LogP contribution is 2.26. The number of primary amides is 1. The van der Waals surface area contributed by atoms with Gasteiger partial charge < -0.3 is 16.4 Å². The topological polar surface area (TPSA) is 96.2 Å². The van der Waals surface area contributed by atoms with E-state index in [0.717, 1.165) is 0 Å². The summed E-state index contributed by atoms with van der Waals surface area (Å²) in [6.45, 7) is -0.506. The van der Waals surface area contributed by atoms with Crippen LogP contribution in [0.1, 0.15) is 6.42 Å². The van der Waals surface area contributed by atoms with Crippen LogP contribution in [0.2, 0.25) is 0 Å². The van der Waals surface area contributed by atoms with Crippen LogP contribution >= 0.6 is 0 Å². The first kappa shape index (κ1) is 14.2. The van der Waals surface area contributed by atoms with Gasteiger partial charge in [0.2, 0.25) is 5.91 Å². The average molecular weight is 284 g/mol. The minimum Gasteiger partial charge on any atom is -0.351 e. The minimum absolute atomic E-state index is 0.387. The van der Waals surface area contributed by atoms with Crippen molar-refractivity contribution in [2.24, 2.45) is 5.73 Å². The number of carbonyl (C=O) groups excluding carboxylic acids is 2. The zero-order valence-corrected chi connectivity index (χ0v) is 10.5. The molecule has 8 heteroatoms. The van der Waals surface area contributed by atoms with Crippen LogP contribution in [0, 0.1) is 0 Å². The molecule has 1 heterocycles. The first-order valence-electron chi connectivity index (χ1n) is 5.94. The molecule has 5 N–H and O–H groups in total. The molecule has 1 aliphatic rings. The Morgan fingerprint density at radius 2 is 1.95 bits per heavy atom. The van der Waals surface area contributed by atoms with Crippen molar-refractivity contribution in [2.45, 2.75) is 18.4 Å². The third kappa shape index (κ3) is 3.64. The number of nitrogens with one attached hydrogen (secondary N) is 3. The fourth-order valence-corrected chi connectivity index (χ4v) is 1.95. The average Bonchev–Trinajstić information content (AvgIpc) is 2.69. The van der Waals surface area contributed by atoms with Gasteiger partial charge in [0.05, 0.1) is 12.6 Å². The molecule has 1 fully saturated rings. The monoisotopic (exact) mass is 284 g/mol. The molecule has 1 aromatic rings. The van der Waals surface area contributed by atoms with Gasteiger partial charge in [-0.05, 0) is 18.2 Å². The van der Waals surface area contributed by atoms with E-state index in [1.54, 1.807) is 18.2 Å². The number of hydrogen-bond acceptors (Lipinski definition) is 3. The number of hydrogen-bond donors (Lipinski definition) is 4. The predicted octanol–water partition coefficient (Wildman–Crippen LogP) is 1.11. The highest BCUT2D eigenvalue weighted by Gasteiger charge is 2.42. The summed E-state index contributed by atoms with van der Waals surface area (Å²) >= 11 is 0. The van der Waals surface area contributed by atoms with Crippen LogP contribution in [0.5, 0.6) is 0 Å². The molecular weight excluding hydrogens is 270 g/mol. The quantitative estimate of drug-likeness (QED) is 0.669. The standard InChI is InChI=1S/C12H14F2N4O2/c13-12(14)5-9(16-6-12)10(19)17-7-2-1-3-8(4-7)18-11(15)20/h1-4,9,16H,5-6H2,(H,17,19)(H3,15,18,20). The Kier molecular flexibility index (Phi) is 3.84. The normalized spacial score (nSPS) is 20.4. The van der Waals surface area contributed by atoms with Crippen LogP contribution in [0.3, 0.4) is 0 Å². The molecule has 0 bridgehead atoms. The summed E-state index contributed by atoms with van der Waals surface area (Å²) in [6, 6.07) is 4.58. The number of anilines is 2. The van der Waals surface area contributed by atoms with E-state index >= 15 is 0 Å². The molecule has 2 rings (SSSR count). The van der Waals surface area contributed by atoms with Crippen LogP contribution in [0.15, 0.2) is 24.3 Å². The third-order valence-electron chi connectivity index (χ3n) is 2.82. The van der Waals surface area contributed by atoms with Gasteiger partial charge >= 0.3 is 6.03 Å². The van der Waals surface area contributed by atoms with Crippen molar-refractivity contribution < 1.29 is 18.4 Å². The molecule has 1 aliphatic heterocycles. The number of rotatable bonds is 3. The number of alkyl halides is 2. The van der Waals surface area contributed by atoms with Gasteiger partial charge in [0, 0.05) is 17.8 Å². The van der Waals surface area contributed by atoms with Crippen LogP contribution < -0.4 is 21.7 Å². The summed E-state index contributed by atoms with van der Waals surface area (Å²) in [7, 11) is 0. The lowest BCUT2D eigenvalue weighted by molar-refractivity contribution is -0.118. The van der Waals surface area contributed by atoms with Crippen molar-refractivity contribution in [1.82, 2.24) is 5.32 Å². The fourth-order valence-electron chi connectivity index (χ4n) is 1.95. The number of benzene rings is 1. The molecule has 0 saturated carbocycles. The maximum atomic E-state index is 13.0. The molecule has 1 unspecified atom stereocenters. The Bertz CT molecular complexity index is 536. The van der Waals surface area contributed by atoms with E-state index in [1.807, 2.05) is 0 Å². The molecule has 1 aromatic carbocycles. The zero-order valence-electron chi connectivity index (χ0n) is 10.5. The van der Waals surface area contributed by atoms with E-state index < -0.39 is 36.9 Å². The predicted molar refractivity (Wildman–Crippen MR) is 69.6 cm³/mol. The smallest absolute Gasteiger partial charge is 0.316 e. The fraction of sp³-hybridized carbons (Fsp3) is 0.333. The number of halogens is 2. The van der Waals surface area contributed by atoms with E-state index in [4.69, 9.17) is 5.73 Å². The number of urea groups is 1. The van der Waals surface area contributed by atoms with E-state index in [9.17, 15) is 18.4 Å². The molecular formula is C12H14F2N4O2. The highest BCUT2D eigenvalue weighted by molar-refractivity contribution is 5.96. The summed E-state index contributed by atoms with van der Waals surface area (Å²) in [4.78, 5) is 22.5. The van der Waals surface area contributed by atoms with Crippen molar-refractivity contribution in [1.29, 1.82) is 0 Å². The molecule has 0 aliphatic carbocycles. The molecule has 1 saturated heterocycles. The summed E-state index contributed by atoms with van der Waals surface area (Å²) < 4.78 is 26.0. The Balaban J connectivity index is 1.99. The Morgan fingerprint density at radius 1 is 1.30 bits per heavy atom. The second-order valence-electron chi connectivity index (χ2n) is 4.55. The van der Waals surface area contributed by atoms with E-state index in [-0.39, 0.29) is 0 Å². The van der Waals surface area contributed by atoms with Crippen LogP contribution in [0.25, 0.3) is 0 Å². The lowest BCUT2D eigenvalue weighted by Gasteiger charge is -2.12. The van der Waals surface area contributed by atoms with Crippen molar-refractivity contribution in [3.05, 3.63) is 24.3 Å². The Labute approximate surface area is 113 Å². The van der Waals surface area contributed by atoms with Gasteiger partial charge in [-0.15, -0.1) is 0 Å². The lowest BCUT2D eigenvalue weighted by atomic mass is 10.1. The molecule has 1 atom stereocenters. The summed E-state index contributed by atoms with van der Waals surface area (Å²) in [6.07, 6.45) is -0.530. The molecule has 6 nitrogen and oxygen atoms in total. The maximum Gasteiger partial charge on any atom is 0.316 e. The molecule has 3 amide bonds. The van der Waals surface area contributed by atoms with Gasteiger partial charge in [0.15, 0.2) is 0 Å². The third-order valence-corrected chi connectivity index (χ3v) is 2.82. The van der Waals surface area contributed by atoms with Crippen molar-refractivity contribution >= 4 is 23.3 Å². The summed E-state index contributed by atoms with van der Waals surface area (Å²) in [5, 5.41) is 7.32. The van der Waals surface area contributed by atoms with Crippen molar-refractivity contribution in [3.8, 4) is 0 Å². The lowest BCUT2D eigenvalue weighted by Crippen LogP contribution is -2.35. The molecule has 108 valence electrons. The van der Waals surface area contributed by atoms with E-state index in [1.165, 1.54) is 6.07 Å². The largest absolute Gasteiger partial charge is 0.351 e. The SMILES string of the molecule is NC(=O)Nc1cccc(NC(=O)C2CC(F)(F)CN2)c1. The maximum absolute atomic E-state index is 13.0. The van der Waals surface area contributed by atoms with Gasteiger partial charge in [-0.2, -0.15) is 0 Å². The Morgan fingerprint density at radius 3 is 2.50 bits per heavy atom. The van der Waals surface area contributed by atoms with Crippen LogP contribution in [0.4, 0.5) is 25.0 Å². The molecule has 0 radical (unpaired) electrons. The molecule has 0 spiro atoms. The summed E-state index contributed by atoms with van der Waals surface area (Å²) in [5.41, 5.74) is 5.76. The zero-order chi connectivity index (χ0) is 14.8. The molecule has 20 heavy (non-hydrogen) atoms. The summed E-state index contributed by atoms with van der Waals surface area (Å²) in [5.74, 6) is -3.41. The molecule has 0 aromatic heterocycles. The van der Waals surface area contributed by atoms with Crippen molar-refractivity contribution in [3.63, 3.8) is 0 Å². The van der Waals surface area contributed by atoms with Gasteiger partial charge in [-0.1, -0.05) is 6.07 Å². The first-order valence-corrected chi connectivity index (χ1v) is 5.94. The van der Waals surface area contributed by atoms with Gasteiger partial charge in [0.1, 0.15) is 0 Å². The van der Waals surface area contributed by atoms with Crippen LogP contribution in [-0.4, -0.2) is 30.4 Å². The first-order chi connectivity index (χ1) is 9.35. The minimum atomic E-state index is -2.86. The number of amides is 3. The van der Waals surface area contributed by atoms with Crippen LogP contribution in [-0.2, 0) is 4.79 Å². The van der Waals surface area contributed by atoms with E-state index in [0.29, 0.717) is 11.4 Å². The van der Waals surface area contributed by atoms with Gasteiger partial charge in [-0.25, -0.2) is 13.6 Å². The van der Waals surface area contributed by atoms with E-state index in [2.05, 4.69) is 16.0 Å². The second kappa shape index (κ2) is 5.41. The number of nitrogens with two attached hydrogens (primary N) is 1. The van der Waals surface area contributed by atoms with Crippen molar-refractivity contribution in [2.75, 3.05) is 17.2 Å². The Hall–Kier alpha value is -2.22.